The third kappa shape index (κ3) is 4.06. The molecule has 2 heterocycles. The Morgan fingerprint density at radius 1 is 1.27 bits per heavy atom. The molecule has 0 bridgehead atoms. The molecule has 3 rings (SSSR count). The van der Waals surface area contributed by atoms with Gasteiger partial charge in [-0.3, -0.25) is 4.79 Å². The van der Waals surface area contributed by atoms with E-state index in [4.69, 9.17) is 0 Å². The first-order chi connectivity index (χ1) is 10.3. The van der Waals surface area contributed by atoms with Gasteiger partial charge in [0.1, 0.15) is 11.0 Å². The highest BCUT2D eigenvalue weighted by molar-refractivity contribution is 7.09. The maximum Gasteiger partial charge on any atom is 0.224 e. The van der Waals surface area contributed by atoms with E-state index in [1.807, 2.05) is 35.7 Å². The largest absolute Gasteiger partial charge is 0.342 e. The third-order valence-electron chi connectivity index (χ3n) is 3.83. The number of aromatic nitrogens is 1. The molecule has 1 aromatic carbocycles. The van der Waals surface area contributed by atoms with E-state index in [9.17, 15) is 4.79 Å². The van der Waals surface area contributed by atoms with Crippen molar-refractivity contribution in [2.24, 2.45) is 5.92 Å². The molecule has 0 aliphatic carbocycles. The van der Waals surface area contributed by atoms with Crippen LogP contribution in [0.3, 0.4) is 0 Å². The summed E-state index contributed by atoms with van der Waals surface area (Å²) in [5.41, 5.74) is 1.08. The van der Waals surface area contributed by atoms with Gasteiger partial charge in [0.05, 0.1) is 0 Å². The monoisotopic (exact) mass is 337 g/mol. The van der Waals surface area contributed by atoms with Crippen LogP contribution in [0.2, 0.25) is 0 Å². The maximum atomic E-state index is 12.5. The molecule has 1 aromatic heterocycles. The summed E-state index contributed by atoms with van der Waals surface area (Å²) in [4.78, 5) is 16.9. The van der Waals surface area contributed by atoms with Gasteiger partial charge < -0.3 is 10.6 Å². The Kier molecular flexibility index (Phi) is 6.36. The minimum Gasteiger partial charge on any atom is -0.342 e. The van der Waals surface area contributed by atoms with Crippen LogP contribution in [0.25, 0.3) is 0 Å². The number of piperidine rings is 1. The summed E-state index contributed by atoms with van der Waals surface area (Å²) in [7, 11) is 0. The molecule has 0 saturated carbocycles. The van der Waals surface area contributed by atoms with Gasteiger partial charge in [0.2, 0.25) is 5.91 Å². The SMILES string of the molecule is Cl.O=C(NC(c1ccccc1)c1nccs1)C1CCNCC1. The molecule has 2 N–H and O–H groups in total. The first kappa shape index (κ1) is 16.9. The van der Waals surface area contributed by atoms with E-state index in [1.54, 1.807) is 17.5 Å². The Hall–Kier alpha value is -1.43. The number of halogens is 1. The Morgan fingerprint density at radius 3 is 2.64 bits per heavy atom. The minimum absolute atomic E-state index is 0. The molecule has 0 radical (unpaired) electrons. The van der Waals surface area contributed by atoms with E-state index in [-0.39, 0.29) is 30.3 Å². The van der Waals surface area contributed by atoms with E-state index in [2.05, 4.69) is 15.6 Å². The highest BCUT2D eigenvalue weighted by atomic mass is 35.5. The third-order valence-corrected chi connectivity index (χ3v) is 4.67. The molecule has 118 valence electrons. The summed E-state index contributed by atoms with van der Waals surface area (Å²) < 4.78 is 0. The molecule has 0 spiro atoms. The molecule has 1 aliphatic heterocycles. The molecule has 22 heavy (non-hydrogen) atoms. The van der Waals surface area contributed by atoms with Crippen LogP contribution < -0.4 is 10.6 Å². The van der Waals surface area contributed by atoms with Crippen LogP contribution in [0.15, 0.2) is 41.9 Å². The summed E-state index contributed by atoms with van der Waals surface area (Å²) in [6.07, 6.45) is 3.60. The number of hydrogen-bond donors (Lipinski definition) is 2. The smallest absolute Gasteiger partial charge is 0.224 e. The van der Waals surface area contributed by atoms with Gasteiger partial charge in [-0.15, -0.1) is 23.7 Å². The molecule has 1 unspecified atom stereocenters. The number of carbonyl (C=O) groups is 1. The molecule has 4 nitrogen and oxygen atoms in total. The summed E-state index contributed by atoms with van der Waals surface area (Å²) in [5, 5.41) is 9.36. The fraction of sp³-hybridized carbons (Fsp3) is 0.375. The average molecular weight is 338 g/mol. The average Bonchev–Trinajstić information content (AvgIpc) is 3.08. The molecular weight excluding hydrogens is 318 g/mol. The van der Waals surface area contributed by atoms with Gasteiger partial charge in [0.25, 0.3) is 0 Å². The number of nitrogens with one attached hydrogen (secondary N) is 2. The van der Waals surface area contributed by atoms with Crippen LogP contribution in [-0.2, 0) is 4.79 Å². The Bertz CT molecular complexity index is 570. The zero-order valence-corrected chi connectivity index (χ0v) is 13.8. The zero-order valence-electron chi connectivity index (χ0n) is 12.2. The summed E-state index contributed by atoms with van der Waals surface area (Å²) >= 11 is 1.58. The lowest BCUT2D eigenvalue weighted by molar-refractivity contribution is -0.126. The number of amides is 1. The number of benzene rings is 1. The standard InChI is InChI=1S/C16H19N3OS.ClH/c20-15(13-6-8-17-9-7-13)19-14(16-18-10-11-21-16)12-4-2-1-3-5-12;/h1-5,10-11,13-14,17H,6-9H2,(H,19,20);1H. The number of nitrogens with zero attached hydrogens (tertiary/aromatic N) is 1. The van der Waals surface area contributed by atoms with Crippen LogP contribution in [0.5, 0.6) is 0 Å². The van der Waals surface area contributed by atoms with Gasteiger partial charge in [-0.05, 0) is 31.5 Å². The van der Waals surface area contributed by atoms with Crippen molar-refractivity contribution in [3.05, 3.63) is 52.5 Å². The Morgan fingerprint density at radius 2 is 2.00 bits per heavy atom. The second-order valence-electron chi connectivity index (χ2n) is 5.25. The fourth-order valence-corrected chi connectivity index (χ4v) is 3.37. The zero-order chi connectivity index (χ0) is 14.5. The second kappa shape index (κ2) is 8.27. The van der Waals surface area contributed by atoms with E-state index in [0.717, 1.165) is 36.5 Å². The molecular formula is C16H20ClN3OS. The van der Waals surface area contributed by atoms with E-state index >= 15 is 0 Å². The predicted molar refractivity (Wildman–Crippen MR) is 91.4 cm³/mol. The van der Waals surface area contributed by atoms with Gasteiger partial charge in [0.15, 0.2) is 0 Å². The number of rotatable bonds is 4. The predicted octanol–water partition coefficient (Wildman–Crippen LogP) is 2.77. The molecule has 1 aliphatic rings. The van der Waals surface area contributed by atoms with Crippen LogP contribution in [0, 0.1) is 5.92 Å². The van der Waals surface area contributed by atoms with E-state index in [0.29, 0.717) is 0 Å². The molecule has 2 aromatic rings. The topological polar surface area (TPSA) is 54.0 Å². The molecule has 1 amide bonds. The Balaban J connectivity index is 0.00000176. The normalized spacial score (nSPS) is 16.5. The summed E-state index contributed by atoms with van der Waals surface area (Å²) in [6, 6.07) is 9.90. The van der Waals surface area contributed by atoms with Crippen LogP contribution in [0.4, 0.5) is 0 Å². The first-order valence-electron chi connectivity index (χ1n) is 7.30. The van der Waals surface area contributed by atoms with Crippen molar-refractivity contribution in [1.29, 1.82) is 0 Å². The number of thiazole rings is 1. The van der Waals surface area contributed by atoms with Crippen LogP contribution in [-0.4, -0.2) is 24.0 Å². The number of hydrogen-bond acceptors (Lipinski definition) is 4. The second-order valence-corrected chi connectivity index (χ2v) is 6.17. The van der Waals surface area contributed by atoms with Gasteiger partial charge in [-0.1, -0.05) is 30.3 Å². The van der Waals surface area contributed by atoms with Gasteiger partial charge >= 0.3 is 0 Å². The van der Waals surface area contributed by atoms with Crippen molar-refractivity contribution < 1.29 is 4.79 Å². The number of carbonyl (C=O) groups excluding carboxylic acids is 1. The molecule has 1 saturated heterocycles. The van der Waals surface area contributed by atoms with Crippen LogP contribution >= 0.6 is 23.7 Å². The highest BCUT2D eigenvalue weighted by Gasteiger charge is 2.25. The quantitative estimate of drug-likeness (QED) is 0.902. The molecule has 1 atom stereocenters. The first-order valence-corrected chi connectivity index (χ1v) is 8.18. The maximum absolute atomic E-state index is 12.5. The van der Waals surface area contributed by atoms with Crippen molar-refractivity contribution in [2.75, 3.05) is 13.1 Å². The lowest BCUT2D eigenvalue weighted by Gasteiger charge is -2.25. The lowest BCUT2D eigenvalue weighted by Crippen LogP contribution is -2.39. The van der Waals surface area contributed by atoms with Gasteiger partial charge in [-0.25, -0.2) is 4.98 Å². The van der Waals surface area contributed by atoms with Crippen molar-refractivity contribution in [2.45, 2.75) is 18.9 Å². The van der Waals surface area contributed by atoms with Crippen molar-refractivity contribution in [1.82, 2.24) is 15.6 Å². The fourth-order valence-electron chi connectivity index (χ4n) is 2.65. The van der Waals surface area contributed by atoms with E-state index < -0.39 is 0 Å². The summed E-state index contributed by atoms with van der Waals surface area (Å²) in [5.74, 6) is 0.248. The van der Waals surface area contributed by atoms with Gasteiger partial charge in [0, 0.05) is 17.5 Å². The van der Waals surface area contributed by atoms with Gasteiger partial charge in [-0.2, -0.15) is 0 Å². The highest BCUT2D eigenvalue weighted by Crippen LogP contribution is 2.25. The van der Waals surface area contributed by atoms with Crippen LogP contribution in [0.1, 0.15) is 29.5 Å². The molecule has 6 heteroatoms. The summed E-state index contributed by atoms with van der Waals surface area (Å²) in [6.45, 7) is 1.84. The molecule has 1 fully saturated rings. The van der Waals surface area contributed by atoms with Crippen molar-refractivity contribution in [3.63, 3.8) is 0 Å². The van der Waals surface area contributed by atoms with Crippen molar-refractivity contribution >= 4 is 29.7 Å². The minimum atomic E-state index is -0.145. The Labute approximate surface area is 140 Å². The van der Waals surface area contributed by atoms with E-state index in [1.165, 1.54) is 0 Å². The lowest BCUT2D eigenvalue weighted by atomic mass is 9.96. The van der Waals surface area contributed by atoms with Crippen molar-refractivity contribution in [3.8, 4) is 0 Å².